The van der Waals surface area contributed by atoms with Gasteiger partial charge in [0, 0.05) is 30.8 Å². The summed E-state index contributed by atoms with van der Waals surface area (Å²) in [5.41, 5.74) is 1.72. The maximum absolute atomic E-state index is 13.6. The molecular formula is C18H19FN2O3S. The molecule has 0 aromatic heterocycles. The summed E-state index contributed by atoms with van der Waals surface area (Å²) in [5, 5.41) is 0. The summed E-state index contributed by atoms with van der Waals surface area (Å²) in [6.45, 7) is 2.30. The monoisotopic (exact) mass is 362 g/mol. The predicted molar refractivity (Wildman–Crippen MR) is 93.2 cm³/mol. The van der Waals surface area contributed by atoms with Gasteiger partial charge in [-0.25, -0.2) is 17.5 Å². The van der Waals surface area contributed by atoms with Gasteiger partial charge in [-0.05, 0) is 43.2 Å². The van der Waals surface area contributed by atoms with E-state index in [1.165, 1.54) is 24.3 Å². The predicted octanol–water partition coefficient (Wildman–Crippen LogP) is 2.74. The van der Waals surface area contributed by atoms with Crippen LogP contribution in [-0.2, 0) is 21.4 Å². The number of nitrogens with one attached hydrogen (secondary N) is 1. The Morgan fingerprint density at radius 1 is 1.20 bits per heavy atom. The Balaban J connectivity index is 1.79. The number of carbonyl (C=O) groups excluding carboxylic acids is 1. The number of rotatable bonds is 5. The number of nitrogens with zero attached hydrogens (tertiary/aromatic N) is 1. The molecule has 0 unspecified atom stereocenters. The molecule has 2 aromatic carbocycles. The first kappa shape index (κ1) is 17.6. The Bertz CT molecular complexity index is 912. The minimum Gasteiger partial charge on any atom is -0.312 e. The molecule has 5 nitrogen and oxygen atoms in total. The van der Waals surface area contributed by atoms with E-state index in [-0.39, 0.29) is 22.9 Å². The molecule has 7 heteroatoms. The fourth-order valence-corrected chi connectivity index (χ4v) is 3.99. The van der Waals surface area contributed by atoms with Crippen LogP contribution in [0.25, 0.3) is 0 Å². The average molecular weight is 362 g/mol. The Hall–Kier alpha value is -2.25. The molecule has 0 spiro atoms. The standard InChI is InChI=1S/C18H19FN2O3S/c1-13-11-15(8-9-17(13)21-10-4-7-18(21)22)25(23,24)20-12-14-5-2-3-6-16(14)19/h2-3,5-6,8-9,11,20H,4,7,10,12H2,1H3. The van der Waals surface area contributed by atoms with Crippen LogP contribution >= 0.6 is 0 Å². The van der Waals surface area contributed by atoms with Crippen LogP contribution in [0.3, 0.4) is 0 Å². The Kier molecular flexibility index (Phi) is 4.87. The molecule has 1 N–H and O–H groups in total. The van der Waals surface area contributed by atoms with E-state index in [2.05, 4.69) is 4.72 Å². The van der Waals surface area contributed by atoms with Gasteiger partial charge in [-0.1, -0.05) is 18.2 Å². The van der Waals surface area contributed by atoms with Crippen LogP contribution in [0.1, 0.15) is 24.0 Å². The van der Waals surface area contributed by atoms with Crippen molar-refractivity contribution in [1.29, 1.82) is 0 Å². The van der Waals surface area contributed by atoms with Crippen LogP contribution in [0, 0.1) is 12.7 Å². The summed E-state index contributed by atoms with van der Waals surface area (Å²) in [6, 6.07) is 10.7. The minimum absolute atomic E-state index is 0.0522. The van der Waals surface area contributed by atoms with Crippen molar-refractivity contribution >= 4 is 21.6 Å². The maximum Gasteiger partial charge on any atom is 0.240 e. The second-order valence-electron chi connectivity index (χ2n) is 6.01. The molecule has 1 amide bonds. The van der Waals surface area contributed by atoms with Crippen LogP contribution in [-0.4, -0.2) is 20.9 Å². The molecular weight excluding hydrogens is 343 g/mol. The number of carbonyl (C=O) groups is 1. The van der Waals surface area contributed by atoms with Crippen molar-refractivity contribution in [3.05, 3.63) is 59.4 Å². The number of halogens is 1. The van der Waals surface area contributed by atoms with Gasteiger partial charge in [0.25, 0.3) is 0 Å². The summed E-state index contributed by atoms with van der Waals surface area (Å²) in [4.78, 5) is 13.6. The van der Waals surface area contributed by atoms with Crippen molar-refractivity contribution in [3.8, 4) is 0 Å². The zero-order valence-corrected chi connectivity index (χ0v) is 14.6. The lowest BCUT2D eigenvalue weighted by Gasteiger charge is -2.19. The second kappa shape index (κ2) is 6.93. The molecule has 1 aliphatic rings. The van der Waals surface area contributed by atoms with Gasteiger partial charge in [0.05, 0.1) is 4.90 Å². The second-order valence-corrected chi connectivity index (χ2v) is 7.78. The molecule has 3 rings (SSSR count). The van der Waals surface area contributed by atoms with E-state index in [4.69, 9.17) is 0 Å². The zero-order chi connectivity index (χ0) is 18.0. The van der Waals surface area contributed by atoms with Gasteiger partial charge in [0.1, 0.15) is 5.82 Å². The smallest absolute Gasteiger partial charge is 0.240 e. The number of hydrogen-bond donors (Lipinski definition) is 1. The normalized spacial score (nSPS) is 15.0. The molecule has 1 heterocycles. The molecule has 132 valence electrons. The van der Waals surface area contributed by atoms with Gasteiger partial charge in [-0.3, -0.25) is 4.79 Å². The maximum atomic E-state index is 13.6. The molecule has 0 radical (unpaired) electrons. The van der Waals surface area contributed by atoms with Crippen molar-refractivity contribution in [3.63, 3.8) is 0 Å². The SMILES string of the molecule is Cc1cc(S(=O)(=O)NCc2ccccc2F)ccc1N1CCCC1=O. The van der Waals surface area contributed by atoms with Crippen LogP contribution in [0.15, 0.2) is 47.4 Å². The highest BCUT2D eigenvalue weighted by Gasteiger charge is 2.24. The van der Waals surface area contributed by atoms with Gasteiger partial charge in [-0.2, -0.15) is 0 Å². The third-order valence-electron chi connectivity index (χ3n) is 4.25. The van der Waals surface area contributed by atoms with Crippen molar-refractivity contribution < 1.29 is 17.6 Å². The van der Waals surface area contributed by atoms with Crippen LogP contribution in [0.4, 0.5) is 10.1 Å². The van der Waals surface area contributed by atoms with Gasteiger partial charge in [0.15, 0.2) is 0 Å². The van der Waals surface area contributed by atoms with E-state index >= 15 is 0 Å². The molecule has 2 aromatic rings. The van der Waals surface area contributed by atoms with E-state index in [1.54, 1.807) is 30.0 Å². The summed E-state index contributed by atoms with van der Waals surface area (Å²) >= 11 is 0. The highest BCUT2D eigenvalue weighted by atomic mass is 32.2. The number of amides is 1. The Labute approximate surface area is 146 Å². The minimum atomic E-state index is -3.77. The summed E-state index contributed by atoms with van der Waals surface area (Å²) in [6.07, 6.45) is 1.33. The summed E-state index contributed by atoms with van der Waals surface area (Å²) in [7, 11) is -3.77. The van der Waals surface area contributed by atoms with Gasteiger partial charge < -0.3 is 4.90 Å². The first-order chi connectivity index (χ1) is 11.9. The fraction of sp³-hybridized carbons (Fsp3) is 0.278. The zero-order valence-electron chi connectivity index (χ0n) is 13.8. The lowest BCUT2D eigenvalue weighted by atomic mass is 10.2. The third kappa shape index (κ3) is 3.72. The average Bonchev–Trinajstić information content (AvgIpc) is 3.00. The summed E-state index contributed by atoms with van der Waals surface area (Å²) < 4.78 is 40.9. The van der Waals surface area contributed by atoms with Crippen LogP contribution in [0.5, 0.6) is 0 Å². The van der Waals surface area contributed by atoms with Gasteiger partial charge in [-0.15, -0.1) is 0 Å². The molecule has 0 bridgehead atoms. The summed E-state index contributed by atoms with van der Waals surface area (Å²) in [5.74, 6) is -0.402. The van der Waals surface area contributed by atoms with E-state index in [1.807, 2.05) is 0 Å². The van der Waals surface area contributed by atoms with E-state index < -0.39 is 15.8 Å². The van der Waals surface area contributed by atoms with Crippen molar-refractivity contribution in [2.45, 2.75) is 31.2 Å². The van der Waals surface area contributed by atoms with E-state index in [9.17, 15) is 17.6 Å². The first-order valence-electron chi connectivity index (χ1n) is 8.02. The van der Waals surface area contributed by atoms with Crippen LogP contribution < -0.4 is 9.62 Å². The molecule has 0 atom stereocenters. The highest BCUT2D eigenvalue weighted by Crippen LogP contribution is 2.27. The lowest BCUT2D eigenvalue weighted by molar-refractivity contribution is -0.117. The van der Waals surface area contributed by atoms with Gasteiger partial charge in [0.2, 0.25) is 15.9 Å². The van der Waals surface area contributed by atoms with Gasteiger partial charge >= 0.3 is 0 Å². The molecule has 25 heavy (non-hydrogen) atoms. The molecule has 0 saturated carbocycles. The number of hydrogen-bond acceptors (Lipinski definition) is 3. The van der Waals surface area contributed by atoms with E-state index in [0.29, 0.717) is 18.5 Å². The molecule has 1 fully saturated rings. The van der Waals surface area contributed by atoms with Crippen molar-refractivity contribution in [1.82, 2.24) is 4.72 Å². The molecule has 0 aliphatic carbocycles. The number of aryl methyl sites for hydroxylation is 1. The first-order valence-corrected chi connectivity index (χ1v) is 9.51. The highest BCUT2D eigenvalue weighted by molar-refractivity contribution is 7.89. The number of benzene rings is 2. The third-order valence-corrected chi connectivity index (χ3v) is 5.65. The van der Waals surface area contributed by atoms with Crippen LogP contribution in [0.2, 0.25) is 0 Å². The largest absolute Gasteiger partial charge is 0.312 e. The topological polar surface area (TPSA) is 66.5 Å². The van der Waals surface area contributed by atoms with E-state index in [0.717, 1.165) is 12.1 Å². The fourth-order valence-electron chi connectivity index (χ4n) is 2.90. The number of anilines is 1. The quantitative estimate of drug-likeness (QED) is 0.889. The molecule has 1 saturated heterocycles. The van der Waals surface area contributed by atoms with Crippen molar-refractivity contribution in [2.24, 2.45) is 0 Å². The Morgan fingerprint density at radius 3 is 2.60 bits per heavy atom. The molecule has 1 aliphatic heterocycles. The lowest BCUT2D eigenvalue weighted by Crippen LogP contribution is -2.26. The van der Waals surface area contributed by atoms with Crippen molar-refractivity contribution in [2.75, 3.05) is 11.4 Å². The number of sulfonamides is 1. The Morgan fingerprint density at radius 2 is 1.96 bits per heavy atom.